The molecule has 2 nitrogen and oxygen atoms in total. The van der Waals surface area contributed by atoms with Crippen LogP contribution in [0.4, 0.5) is 0 Å². The van der Waals surface area contributed by atoms with Crippen LogP contribution in [0.15, 0.2) is 0 Å². The van der Waals surface area contributed by atoms with Crippen LogP contribution in [0, 0.1) is 23.7 Å². The highest BCUT2D eigenvalue weighted by Gasteiger charge is 2.42. The molecular weight excluding hydrogens is 234 g/mol. The molecule has 0 unspecified atom stereocenters. The molecule has 1 N–H and O–H groups in total. The number of carbonyl (C=O) groups excluding carboxylic acids is 1. The van der Waals surface area contributed by atoms with Gasteiger partial charge in [0.1, 0.15) is 0 Å². The number of unbranched alkanes of at least 4 members (excludes halogenated alkanes) is 1. The minimum absolute atomic E-state index is 0.237. The Morgan fingerprint density at radius 1 is 1.26 bits per heavy atom. The van der Waals surface area contributed by atoms with E-state index in [0.717, 1.165) is 30.6 Å². The zero-order valence-corrected chi connectivity index (χ0v) is 13.0. The van der Waals surface area contributed by atoms with Gasteiger partial charge in [-0.2, -0.15) is 0 Å². The van der Waals surface area contributed by atoms with Crippen LogP contribution >= 0.6 is 0 Å². The van der Waals surface area contributed by atoms with Gasteiger partial charge in [-0.05, 0) is 56.8 Å². The fourth-order valence-electron chi connectivity index (χ4n) is 4.33. The van der Waals surface area contributed by atoms with Gasteiger partial charge in [-0.1, -0.05) is 33.1 Å². The number of fused-ring (bicyclic) bond motifs is 2. The van der Waals surface area contributed by atoms with Gasteiger partial charge in [0.05, 0.1) is 0 Å². The predicted molar refractivity (Wildman–Crippen MR) is 79.8 cm³/mol. The van der Waals surface area contributed by atoms with Crippen molar-refractivity contribution < 1.29 is 4.79 Å². The van der Waals surface area contributed by atoms with Crippen LogP contribution in [0.1, 0.15) is 72.1 Å². The molecule has 2 bridgehead atoms. The van der Waals surface area contributed by atoms with E-state index in [1.54, 1.807) is 0 Å². The third-order valence-electron chi connectivity index (χ3n) is 5.57. The smallest absolute Gasteiger partial charge is 0.223 e. The molecule has 0 heterocycles. The number of rotatable bonds is 7. The second-order valence-corrected chi connectivity index (χ2v) is 6.88. The van der Waals surface area contributed by atoms with Crippen LogP contribution in [0.5, 0.6) is 0 Å². The van der Waals surface area contributed by atoms with Crippen molar-refractivity contribution >= 4 is 5.91 Å². The monoisotopic (exact) mass is 265 g/mol. The van der Waals surface area contributed by atoms with Crippen molar-refractivity contribution in [2.75, 3.05) is 0 Å². The molecule has 0 aromatic heterocycles. The quantitative estimate of drug-likeness (QED) is 0.736. The van der Waals surface area contributed by atoms with E-state index >= 15 is 0 Å². The second kappa shape index (κ2) is 6.76. The standard InChI is InChI=1S/C17H31NO/c1-4-6-7-14(5-2)17(19)18-12(3)16-11-13-8-9-15(16)10-13/h12-16H,4-11H2,1-3H3,(H,18,19)/t12-,13-,14-,15-,16+/m0/s1. The van der Waals surface area contributed by atoms with Gasteiger partial charge >= 0.3 is 0 Å². The van der Waals surface area contributed by atoms with Crippen molar-refractivity contribution in [2.45, 2.75) is 78.2 Å². The molecule has 110 valence electrons. The molecule has 2 fully saturated rings. The Bertz CT molecular complexity index is 302. The van der Waals surface area contributed by atoms with E-state index in [-0.39, 0.29) is 5.92 Å². The van der Waals surface area contributed by atoms with Gasteiger partial charge in [-0.15, -0.1) is 0 Å². The minimum Gasteiger partial charge on any atom is -0.353 e. The summed E-state index contributed by atoms with van der Waals surface area (Å²) >= 11 is 0. The minimum atomic E-state index is 0.237. The first kappa shape index (κ1) is 14.9. The van der Waals surface area contributed by atoms with Crippen molar-refractivity contribution in [3.8, 4) is 0 Å². The predicted octanol–water partition coefficient (Wildman–Crippen LogP) is 4.14. The van der Waals surface area contributed by atoms with Crippen molar-refractivity contribution in [2.24, 2.45) is 23.7 Å². The third-order valence-corrected chi connectivity index (χ3v) is 5.57. The molecule has 19 heavy (non-hydrogen) atoms. The van der Waals surface area contributed by atoms with Crippen LogP contribution in [-0.4, -0.2) is 11.9 Å². The Morgan fingerprint density at radius 2 is 2.05 bits per heavy atom. The molecule has 0 radical (unpaired) electrons. The van der Waals surface area contributed by atoms with Gasteiger partial charge in [0.2, 0.25) is 5.91 Å². The van der Waals surface area contributed by atoms with Crippen LogP contribution < -0.4 is 5.32 Å². The van der Waals surface area contributed by atoms with Crippen LogP contribution in [0.25, 0.3) is 0 Å². The van der Waals surface area contributed by atoms with E-state index in [4.69, 9.17) is 0 Å². The van der Waals surface area contributed by atoms with Crippen molar-refractivity contribution in [1.82, 2.24) is 5.32 Å². The average molecular weight is 265 g/mol. The fraction of sp³-hybridized carbons (Fsp3) is 0.941. The molecule has 5 atom stereocenters. The molecule has 2 aliphatic rings. The maximum Gasteiger partial charge on any atom is 0.223 e. The average Bonchev–Trinajstić information content (AvgIpc) is 3.01. The van der Waals surface area contributed by atoms with Crippen molar-refractivity contribution in [1.29, 1.82) is 0 Å². The first-order valence-corrected chi connectivity index (χ1v) is 8.46. The maximum atomic E-state index is 12.3. The van der Waals surface area contributed by atoms with Gasteiger partial charge in [0, 0.05) is 12.0 Å². The summed E-state index contributed by atoms with van der Waals surface area (Å²) in [4.78, 5) is 12.3. The number of hydrogen-bond donors (Lipinski definition) is 1. The summed E-state index contributed by atoms with van der Waals surface area (Å²) in [5.74, 6) is 3.17. The lowest BCUT2D eigenvalue weighted by Gasteiger charge is -2.29. The van der Waals surface area contributed by atoms with Crippen LogP contribution in [0.3, 0.4) is 0 Å². The highest BCUT2D eigenvalue weighted by Crippen LogP contribution is 2.49. The summed E-state index contributed by atoms with van der Waals surface area (Å²) in [7, 11) is 0. The van der Waals surface area contributed by atoms with E-state index in [9.17, 15) is 4.79 Å². The summed E-state index contributed by atoms with van der Waals surface area (Å²) in [5, 5.41) is 3.33. The second-order valence-electron chi connectivity index (χ2n) is 6.88. The van der Waals surface area contributed by atoms with E-state index in [2.05, 4.69) is 26.1 Å². The SMILES string of the molecule is CCCC[C@H](CC)C(=O)N[C@@H](C)[C@H]1C[C@H]2CC[C@H]1C2. The topological polar surface area (TPSA) is 29.1 Å². The molecule has 0 aliphatic heterocycles. The largest absolute Gasteiger partial charge is 0.353 e. The van der Waals surface area contributed by atoms with Gasteiger partial charge < -0.3 is 5.32 Å². The Kier molecular flexibility index (Phi) is 5.29. The Labute approximate surface area is 118 Å². The summed E-state index contributed by atoms with van der Waals surface area (Å²) in [5.41, 5.74) is 0. The van der Waals surface area contributed by atoms with Crippen LogP contribution in [0.2, 0.25) is 0 Å². The number of nitrogens with one attached hydrogen (secondary N) is 1. The highest BCUT2D eigenvalue weighted by atomic mass is 16.1. The first-order valence-electron chi connectivity index (χ1n) is 8.46. The van der Waals surface area contributed by atoms with Gasteiger partial charge in [-0.3, -0.25) is 4.79 Å². The molecule has 2 saturated carbocycles. The maximum absolute atomic E-state index is 12.3. The van der Waals surface area contributed by atoms with E-state index in [0.29, 0.717) is 11.9 Å². The summed E-state index contributed by atoms with van der Waals surface area (Å²) in [6, 6.07) is 0.387. The lowest BCUT2D eigenvalue weighted by Crippen LogP contribution is -2.42. The highest BCUT2D eigenvalue weighted by molar-refractivity contribution is 5.78. The number of hydrogen-bond acceptors (Lipinski definition) is 1. The first-order chi connectivity index (χ1) is 9.15. The summed E-state index contributed by atoms with van der Waals surface area (Å²) in [6.07, 6.45) is 10.0. The molecular formula is C17H31NO. The summed E-state index contributed by atoms with van der Waals surface area (Å²) < 4.78 is 0. The van der Waals surface area contributed by atoms with Gasteiger partial charge in [0.25, 0.3) is 0 Å². The van der Waals surface area contributed by atoms with Crippen molar-refractivity contribution in [3.63, 3.8) is 0 Å². The molecule has 0 spiro atoms. The fourth-order valence-corrected chi connectivity index (χ4v) is 4.33. The van der Waals surface area contributed by atoms with E-state index < -0.39 is 0 Å². The molecule has 2 aliphatic carbocycles. The van der Waals surface area contributed by atoms with Gasteiger partial charge in [-0.25, -0.2) is 0 Å². The Hall–Kier alpha value is -0.530. The zero-order valence-electron chi connectivity index (χ0n) is 13.0. The van der Waals surface area contributed by atoms with Crippen molar-refractivity contribution in [3.05, 3.63) is 0 Å². The Morgan fingerprint density at radius 3 is 2.58 bits per heavy atom. The normalized spacial score (nSPS) is 32.3. The molecule has 0 aromatic carbocycles. The molecule has 2 heteroatoms. The molecule has 2 rings (SSSR count). The Balaban J connectivity index is 1.80. The number of amides is 1. The number of carbonyl (C=O) groups is 1. The molecule has 1 amide bonds. The van der Waals surface area contributed by atoms with Crippen LogP contribution in [-0.2, 0) is 4.79 Å². The molecule has 0 aromatic rings. The van der Waals surface area contributed by atoms with E-state index in [1.165, 1.54) is 38.5 Å². The summed E-state index contributed by atoms with van der Waals surface area (Å²) in [6.45, 7) is 6.57. The third kappa shape index (κ3) is 3.52. The molecule has 0 saturated heterocycles. The van der Waals surface area contributed by atoms with E-state index in [1.807, 2.05) is 0 Å². The zero-order chi connectivity index (χ0) is 13.8. The lowest BCUT2D eigenvalue weighted by atomic mass is 9.83. The lowest BCUT2D eigenvalue weighted by molar-refractivity contribution is -0.126. The van der Waals surface area contributed by atoms with Gasteiger partial charge in [0.15, 0.2) is 0 Å².